The van der Waals surface area contributed by atoms with Crippen LogP contribution in [0.1, 0.15) is 25.1 Å². The van der Waals surface area contributed by atoms with Crippen LogP contribution in [0.5, 0.6) is 0 Å². The van der Waals surface area contributed by atoms with Gasteiger partial charge in [-0.3, -0.25) is 0 Å². The lowest BCUT2D eigenvalue weighted by molar-refractivity contribution is 0.618. The minimum atomic E-state index is -0.206. The number of nitrogens with zero attached hydrogens (tertiary/aromatic N) is 2. The zero-order valence-corrected chi connectivity index (χ0v) is 11.5. The summed E-state index contributed by atoms with van der Waals surface area (Å²) in [6.07, 6.45) is 0.841. The highest BCUT2D eigenvalue weighted by molar-refractivity contribution is 5.58. The summed E-state index contributed by atoms with van der Waals surface area (Å²) in [5.41, 5.74) is 2.42. The number of rotatable bonds is 4. The van der Waals surface area contributed by atoms with E-state index in [9.17, 15) is 4.39 Å². The van der Waals surface area contributed by atoms with Crippen LogP contribution in [0.4, 0.5) is 10.2 Å². The summed E-state index contributed by atoms with van der Waals surface area (Å²) in [5, 5.41) is 3.19. The molecule has 0 amide bonds. The predicted octanol–water partition coefficient (Wildman–Crippen LogP) is 3.59. The van der Waals surface area contributed by atoms with Gasteiger partial charge in [-0.15, -0.1) is 0 Å². The van der Waals surface area contributed by atoms with Crippen molar-refractivity contribution in [2.24, 2.45) is 0 Å². The second-order valence-corrected chi connectivity index (χ2v) is 4.42. The van der Waals surface area contributed by atoms with Crippen molar-refractivity contribution in [1.29, 1.82) is 0 Å². The Morgan fingerprint density at radius 1 is 1.16 bits per heavy atom. The van der Waals surface area contributed by atoms with Gasteiger partial charge in [0.15, 0.2) is 5.82 Å². The molecule has 1 N–H and O–H groups in total. The standard InChI is InChI=1S/C15H18FN3/c1-4-12-9-14(17-5-2)19-15(18-12)11-6-7-13(16)10(3)8-11/h6-9H,4-5H2,1-3H3,(H,17,18,19). The van der Waals surface area contributed by atoms with Crippen molar-refractivity contribution in [3.8, 4) is 11.4 Å². The van der Waals surface area contributed by atoms with Crippen LogP contribution in [-0.4, -0.2) is 16.5 Å². The maximum absolute atomic E-state index is 13.3. The number of benzene rings is 1. The van der Waals surface area contributed by atoms with Crippen LogP contribution < -0.4 is 5.32 Å². The Bertz CT molecular complexity index is 582. The quantitative estimate of drug-likeness (QED) is 0.911. The number of aromatic nitrogens is 2. The molecule has 0 aliphatic carbocycles. The number of hydrogen-bond acceptors (Lipinski definition) is 3. The molecule has 100 valence electrons. The van der Waals surface area contributed by atoms with Gasteiger partial charge in [0.25, 0.3) is 0 Å². The second kappa shape index (κ2) is 5.78. The van der Waals surface area contributed by atoms with Crippen molar-refractivity contribution in [2.75, 3.05) is 11.9 Å². The SMILES string of the molecule is CCNc1cc(CC)nc(-c2ccc(F)c(C)c2)n1. The molecule has 0 aliphatic rings. The normalized spacial score (nSPS) is 10.5. The van der Waals surface area contributed by atoms with Crippen LogP contribution in [0.25, 0.3) is 11.4 Å². The van der Waals surface area contributed by atoms with Crippen molar-refractivity contribution < 1.29 is 4.39 Å². The maximum Gasteiger partial charge on any atom is 0.161 e. The second-order valence-electron chi connectivity index (χ2n) is 4.42. The van der Waals surface area contributed by atoms with Gasteiger partial charge in [-0.05, 0) is 44.0 Å². The molecule has 2 rings (SSSR count). The van der Waals surface area contributed by atoms with E-state index in [1.807, 2.05) is 13.0 Å². The molecule has 1 aromatic carbocycles. The lowest BCUT2D eigenvalue weighted by Crippen LogP contribution is -2.04. The molecule has 0 radical (unpaired) electrons. The van der Waals surface area contributed by atoms with Crippen molar-refractivity contribution >= 4 is 5.82 Å². The summed E-state index contributed by atoms with van der Waals surface area (Å²) in [6, 6.07) is 6.90. The Hall–Kier alpha value is -1.97. The molecular weight excluding hydrogens is 241 g/mol. The van der Waals surface area contributed by atoms with Gasteiger partial charge in [-0.1, -0.05) is 6.92 Å². The number of nitrogens with one attached hydrogen (secondary N) is 1. The van der Waals surface area contributed by atoms with Gasteiger partial charge in [0.1, 0.15) is 11.6 Å². The highest BCUT2D eigenvalue weighted by Crippen LogP contribution is 2.20. The molecule has 1 aromatic heterocycles. The molecule has 0 bridgehead atoms. The van der Waals surface area contributed by atoms with E-state index in [0.717, 1.165) is 30.0 Å². The van der Waals surface area contributed by atoms with Crippen molar-refractivity contribution in [3.63, 3.8) is 0 Å². The van der Waals surface area contributed by atoms with E-state index in [1.54, 1.807) is 19.1 Å². The van der Waals surface area contributed by atoms with Crippen LogP contribution >= 0.6 is 0 Å². The number of aryl methyl sites for hydroxylation is 2. The first-order valence-corrected chi connectivity index (χ1v) is 6.52. The molecule has 0 saturated carbocycles. The van der Waals surface area contributed by atoms with Gasteiger partial charge in [0.05, 0.1) is 0 Å². The summed E-state index contributed by atoms with van der Waals surface area (Å²) in [4.78, 5) is 8.97. The minimum Gasteiger partial charge on any atom is -0.370 e. The fraction of sp³-hybridized carbons (Fsp3) is 0.333. The van der Waals surface area contributed by atoms with Gasteiger partial charge in [-0.2, -0.15) is 0 Å². The zero-order chi connectivity index (χ0) is 13.8. The Morgan fingerprint density at radius 2 is 1.95 bits per heavy atom. The molecule has 4 heteroatoms. The molecule has 2 aromatic rings. The maximum atomic E-state index is 13.3. The van der Waals surface area contributed by atoms with E-state index in [1.165, 1.54) is 6.07 Å². The molecule has 0 saturated heterocycles. The van der Waals surface area contributed by atoms with Crippen molar-refractivity contribution in [3.05, 3.63) is 41.3 Å². The molecule has 3 nitrogen and oxygen atoms in total. The molecule has 0 atom stereocenters. The van der Waals surface area contributed by atoms with E-state index >= 15 is 0 Å². The van der Waals surface area contributed by atoms with E-state index in [0.29, 0.717) is 11.4 Å². The third-order valence-corrected chi connectivity index (χ3v) is 2.92. The van der Waals surface area contributed by atoms with Gasteiger partial charge in [0, 0.05) is 23.9 Å². The highest BCUT2D eigenvalue weighted by atomic mass is 19.1. The first-order valence-electron chi connectivity index (χ1n) is 6.52. The number of hydrogen-bond donors (Lipinski definition) is 1. The molecule has 19 heavy (non-hydrogen) atoms. The Morgan fingerprint density at radius 3 is 2.58 bits per heavy atom. The zero-order valence-electron chi connectivity index (χ0n) is 11.5. The predicted molar refractivity (Wildman–Crippen MR) is 75.7 cm³/mol. The number of halogens is 1. The molecular formula is C15H18FN3. The van der Waals surface area contributed by atoms with Gasteiger partial charge in [0.2, 0.25) is 0 Å². The fourth-order valence-corrected chi connectivity index (χ4v) is 1.86. The largest absolute Gasteiger partial charge is 0.370 e. The molecule has 1 heterocycles. The van der Waals surface area contributed by atoms with Gasteiger partial charge < -0.3 is 5.32 Å². The van der Waals surface area contributed by atoms with Crippen LogP contribution in [0.3, 0.4) is 0 Å². The van der Waals surface area contributed by atoms with Crippen LogP contribution in [-0.2, 0) is 6.42 Å². The average molecular weight is 259 g/mol. The number of anilines is 1. The van der Waals surface area contributed by atoms with Crippen LogP contribution in [0.2, 0.25) is 0 Å². The van der Waals surface area contributed by atoms with Crippen molar-refractivity contribution in [2.45, 2.75) is 27.2 Å². The van der Waals surface area contributed by atoms with Crippen molar-refractivity contribution in [1.82, 2.24) is 9.97 Å². The van der Waals surface area contributed by atoms with Gasteiger partial charge >= 0.3 is 0 Å². The Kier molecular flexibility index (Phi) is 4.10. The van der Waals surface area contributed by atoms with E-state index in [4.69, 9.17) is 0 Å². The molecule has 0 spiro atoms. The minimum absolute atomic E-state index is 0.206. The Labute approximate surface area is 112 Å². The Balaban J connectivity index is 2.47. The fourth-order valence-electron chi connectivity index (χ4n) is 1.86. The summed E-state index contributed by atoms with van der Waals surface area (Å²) in [5.74, 6) is 1.24. The van der Waals surface area contributed by atoms with Crippen LogP contribution in [0.15, 0.2) is 24.3 Å². The highest BCUT2D eigenvalue weighted by Gasteiger charge is 2.07. The first kappa shape index (κ1) is 13.5. The topological polar surface area (TPSA) is 37.8 Å². The monoisotopic (exact) mass is 259 g/mol. The van der Waals surface area contributed by atoms with Crippen LogP contribution in [0, 0.1) is 12.7 Å². The lowest BCUT2D eigenvalue weighted by atomic mass is 10.1. The molecule has 0 unspecified atom stereocenters. The summed E-state index contributed by atoms with van der Waals surface area (Å²) >= 11 is 0. The molecule has 0 aliphatic heterocycles. The smallest absolute Gasteiger partial charge is 0.161 e. The summed E-state index contributed by atoms with van der Waals surface area (Å²) in [7, 11) is 0. The summed E-state index contributed by atoms with van der Waals surface area (Å²) in [6.45, 7) is 6.63. The first-order chi connectivity index (χ1) is 9.13. The summed E-state index contributed by atoms with van der Waals surface area (Å²) < 4.78 is 13.3. The third-order valence-electron chi connectivity index (χ3n) is 2.92. The van der Waals surface area contributed by atoms with Gasteiger partial charge in [-0.25, -0.2) is 14.4 Å². The third kappa shape index (κ3) is 3.08. The van der Waals surface area contributed by atoms with E-state index in [2.05, 4.69) is 22.2 Å². The van der Waals surface area contributed by atoms with E-state index in [-0.39, 0.29) is 5.82 Å². The van der Waals surface area contributed by atoms with E-state index < -0.39 is 0 Å². The lowest BCUT2D eigenvalue weighted by Gasteiger charge is -2.08. The average Bonchev–Trinajstić information content (AvgIpc) is 2.42. The molecule has 0 fully saturated rings.